The van der Waals surface area contributed by atoms with Crippen molar-refractivity contribution < 1.29 is 9.32 Å². The highest BCUT2D eigenvalue weighted by atomic mass is 16.5. The van der Waals surface area contributed by atoms with E-state index in [1.54, 1.807) is 12.1 Å². The van der Waals surface area contributed by atoms with Crippen LogP contribution in [0.25, 0.3) is 10.9 Å². The van der Waals surface area contributed by atoms with Crippen LogP contribution in [0.2, 0.25) is 0 Å². The zero-order valence-electron chi connectivity index (χ0n) is 7.50. The maximum absolute atomic E-state index is 11.0. The molecule has 13 heavy (non-hydrogen) atoms. The van der Waals surface area contributed by atoms with Crippen LogP contribution in [0, 0.1) is 6.92 Å². The summed E-state index contributed by atoms with van der Waals surface area (Å²) in [5, 5.41) is 4.80. The van der Waals surface area contributed by atoms with Gasteiger partial charge in [-0.2, -0.15) is 0 Å². The summed E-state index contributed by atoms with van der Waals surface area (Å²) >= 11 is 0. The molecule has 1 heterocycles. The Kier molecular flexibility index (Phi) is 1.65. The number of fused-ring (bicyclic) bond motifs is 1. The summed E-state index contributed by atoms with van der Waals surface area (Å²) in [6.07, 6.45) is 0. The van der Waals surface area contributed by atoms with E-state index < -0.39 is 0 Å². The molecule has 0 spiro atoms. The summed E-state index contributed by atoms with van der Waals surface area (Å²) in [6.45, 7) is 3.39. The van der Waals surface area contributed by atoms with E-state index in [1.165, 1.54) is 6.92 Å². The quantitative estimate of drug-likeness (QED) is 0.625. The van der Waals surface area contributed by atoms with Gasteiger partial charge in [0.1, 0.15) is 11.3 Å². The fourth-order valence-electron chi connectivity index (χ4n) is 1.29. The normalized spacial score (nSPS) is 10.6. The molecule has 2 rings (SSSR count). The highest BCUT2D eigenvalue weighted by Gasteiger charge is 2.06. The Bertz CT molecular complexity index is 471. The van der Waals surface area contributed by atoms with Gasteiger partial charge in [-0.05, 0) is 26.0 Å². The van der Waals surface area contributed by atoms with Crippen molar-refractivity contribution in [2.45, 2.75) is 13.8 Å². The maximum atomic E-state index is 11.0. The van der Waals surface area contributed by atoms with Gasteiger partial charge in [-0.15, -0.1) is 0 Å². The number of carbonyl (C=O) groups is 1. The number of rotatable bonds is 1. The summed E-state index contributed by atoms with van der Waals surface area (Å²) in [6, 6.07) is 5.39. The molecule has 2 aromatic rings. The van der Waals surface area contributed by atoms with Gasteiger partial charge in [0.2, 0.25) is 0 Å². The third-order valence-electron chi connectivity index (χ3n) is 2.06. The van der Waals surface area contributed by atoms with Crippen LogP contribution in [0.4, 0.5) is 0 Å². The molecule has 3 heteroatoms. The third kappa shape index (κ3) is 1.22. The van der Waals surface area contributed by atoms with E-state index in [0.717, 1.165) is 16.7 Å². The molecular formula is C10H9NO2. The molecule has 3 nitrogen and oxygen atoms in total. The second kappa shape index (κ2) is 2.69. The zero-order valence-corrected chi connectivity index (χ0v) is 7.50. The summed E-state index contributed by atoms with van der Waals surface area (Å²) in [5.41, 5.74) is 1.41. The first kappa shape index (κ1) is 7.98. The van der Waals surface area contributed by atoms with Crippen molar-refractivity contribution in [3.8, 4) is 0 Å². The lowest BCUT2D eigenvalue weighted by Gasteiger charge is -1.93. The molecule has 1 aromatic heterocycles. The van der Waals surface area contributed by atoms with E-state index in [4.69, 9.17) is 4.52 Å². The zero-order chi connectivity index (χ0) is 9.42. The van der Waals surface area contributed by atoms with Gasteiger partial charge in [-0.1, -0.05) is 11.2 Å². The SMILES string of the molecule is CC(=O)c1ccc2c(C)onc2c1. The topological polar surface area (TPSA) is 43.1 Å². The van der Waals surface area contributed by atoms with Gasteiger partial charge < -0.3 is 4.52 Å². The van der Waals surface area contributed by atoms with Gasteiger partial charge in [-0.3, -0.25) is 4.79 Å². The number of Topliss-reactive ketones (excluding diaryl/α,β-unsaturated/α-hetero) is 1. The van der Waals surface area contributed by atoms with E-state index in [9.17, 15) is 4.79 Å². The van der Waals surface area contributed by atoms with Gasteiger partial charge in [0.25, 0.3) is 0 Å². The lowest BCUT2D eigenvalue weighted by molar-refractivity contribution is 0.101. The molecule has 0 aliphatic carbocycles. The Labute approximate surface area is 75.3 Å². The number of carbonyl (C=O) groups excluding carboxylic acids is 1. The Balaban J connectivity index is 2.70. The molecule has 0 unspecified atom stereocenters. The van der Waals surface area contributed by atoms with Crippen molar-refractivity contribution in [1.82, 2.24) is 5.16 Å². The Hall–Kier alpha value is -1.64. The first-order chi connectivity index (χ1) is 6.18. The van der Waals surface area contributed by atoms with Gasteiger partial charge in [-0.25, -0.2) is 0 Å². The first-order valence-electron chi connectivity index (χ1n) is 4.05. The molecule has 0 aliphatic heterocycles. The predicted molar refractivity (Wildman–Crippen MR) is 48.8 cm³/mol. The minimum absolute atomic E-state index is 0.0440. The average molecular weight is 175 g/mol. The van der Waals surface area contributed by atoms with Crippen LogP contribution in [-0.4, -0.2) is 10.9 Å². The predicted octanol–water partition coefficient (Wildman–Crippen LogP) is 2.34. The second-order valence-electron chi connectivity index (χ2n) is 3.03. The minimum atomic E-state index is 0.0440. The summed E-state index contributed by atoms with van der Waals surface area (Å²) in [7, 11) is 0. The third-order valence-corrected chi connectivity index (χ3v) is 2.06. The van der Waals surface area contributed by atoms with Crippen molar-refractivity contribution in [1.29, 1.82) is 0 Å². The number of hydrogen-bond donors (Lipinski definition) is 0. The molecule has 0 radical (unpaired) electrons. The van der Waals surface area contributed by atoms with Gasteiger partial charge in [0, 0.05) is 10.9 Å². The van der Waals surface area contributed by atoms with Crippen LogP contribution >= 0.6 is 0 Å². The molecule has 0 saturated heterocycles. The fraction of sp³-hybridized carbons (Fsp3) is 0.200. The minimum Gasteiger partial charge on any atom is -0.360 e. The maximum Gasteiger partial charge on any atom is 0.159 e. The monoisotopic (exact) mass is 175 g/mol. The molecule has 0 bridgehead atoms. The standard InChI is InChI=1S/C10H9NO2/c1-6(12)8-3-4-9-7(2)13-11-10(9)5-8/h3-5H,1-2H3. The molecule has 0 amide bonds. The van der Waals surface area contributed by atoms with Crippen LogP contribution in [0.3, 0.4) is 0 Å². The second-order valence-corrected chi connectivity index (χ2v) is 3.03. The molecule has 0 fully saturated rings. The number of benzene rings is 1. The van der Waals surface area contributed by atoms with Crippen molar-refractivity contribution in [2.75, 3.05) is 0 Å². The number of ketones is 1. The van der Waals surface area contributed by atoms with Crippen LogP contribution in [0.5, 0.6) is 0 Å². The Morgan fingerprint density at radius 3 is 2.92 bits per heavy atom. The van der Waals surface area contributed by atoms with Gasteiger partial charge in [0.15, 0.2) is 5.78 Å². The fourth-order valence-corrected chi connectivity index (χ4v) is 1.29. The molecule has 66 valence electrons. The molecule has 0 aliphatic rings. The van der Waals surface area contributed by atoms with Gasteiger partial charge >= 0.3 is 0 Å². The lowest BCUT2D eigenvalue weighted by atomic mass is 10.1. The van der Waals surface area contributed by atoms with E-state index in [0.29, 0.717) is 5.56 Å². The van der Waals surface area contributed by atoms with Crippen molar-refractivity contribution in [3.05, 3.63) is 29.5 Å². The van der Waals surface area contributed by atoms with Crippen molar-refractivity contribution in [3.63, 3.8) is 0 Å². The molecule has 0 saturated carbocycles. The summed E-state index contributed by atoms with van der Waals surface area (Å²) < 4.78 is 4.99. The summed E-state index contributed by atoms with van der Waals surface area (Å²) in [4.78, 5) is 11.0. The average Bonchev–Trinajstić information content (AvgIpc) is 2.47. The van der Waals surface area contributed by atoms with E-state index in [2.05, 4.69) is 5.16 Å². The number of nitrogens with zero attached hydrogens (tertiary/aromatic N) is 1. The van der Waals surface area contributed by atoms with Gasteiger partial charge in [0.05, 0.1) is 0 Å². The summed E-state index contributed by atoms with van der Waals surface area (Å²) in [5.74, 6) is 0.827. The van der Waals surface area contributed by atoms with Crippen molar-refractivity contribution in [2.24, 2.45) is 0 Å². The van der Waals surface area contributed by atoms with Crippen LogP contribution < -0.4 is 0 Å². The van der Waals surface area contributed by atoms with Crippen LogP contribution in [-0.2, 0) is 0 Å². The molecule has 0 N–H and O–H groups in total. The number of hydrogen-bond acceptors (Lipinski definition) is 3. The number of aryl methyl sites for hydroxylation is 1. The van der Waals surface area contributed by atoms with E-state index in [-0.39, 0.29) is 5.78 Å². The molecule has 1 aromatic carbocycles. The smallest absolute Gasteiger partial charge is 0.159 e. The largest absolute Gasteiger partial charge is 0.360 e. The molecule has 0 atom stereocenters. The van der Waals surface area contributed by atoms with Crippen molar-refractivity contribution >= 4 is 16.7 Å². The highest BCUT2D eigenvalue weighted by molar-refractivity contribution is 5.97. The van der Waals surface area contributed by atoms with E-state index >= 15 is 0 Å². The highest BCUT2D eigenvalue weighted by Crippen LogP contribution is 2.18. The Morgan fingerprint density at radius 1 is 1.46 bits per heavy atom. The first-order valence-corrected chi connectivity index (χ1v) is 4.05. The Morgan fingerprint density at radius 2 is 2.23 bits per heavy atom. The van der Waals surface area contributed by atoms with Crippen LogP contribution in [0.15, 0.2) is 22.7 Å². The van der Waals surface area contributed by atoms with Crippen LogP contribution in [0.1, 0.15) is 23.0 Å². The number of aromatic nitrogens is 1. The molecular weight excluding hydrogens is 166 g/mol. The lowest BCUT2D eigenvalue weighted by Crippen LogP contribution is -1.90. The van der Waals surface area contributed by atoms with E-state index in [1.807, 2.05) is 13.0 Å².